The number of nitrogens with zero attached hydrogens (tertiary/aromatic N) is 1. The van der Waals surface area contributed by atoms with Gasteiger partial charge >= 0.3 is 0 Å². The van der Waals surface area contributed by atoms with Gasteiger partial charge in [0.05, 0.1) is 6.10 Å². The summed E-state index contributed by atoms with van der Waals surface area (Å²) in [6, 6.07) is 1.22. The Labute approximate surface area is 113 Å². The minimum absolute atomic E-state index is 0.0703. The molecule has 1 saturated heterocycles. The second-order valence-electron chi connectivity index (χ2n) is 4.12. The number of aromatic nitrogens is 2. The zero-order valence-corrected chi connectivity index (χ0v) is 10.9. The average molecular weight is 285 g/mol. The summed E-state index contributed by atoms with van der Waals surface area (Å²) in [7, 11) is 0. The van der Waals surface area contributed by atoms with Gasteiger partial charge in [0, 0.05) is 11.8 Å². The van der Waals surface area contributed by atoms with Gasteiger partial charge in [-0.2, -0.15) is 0 Å². The molecule has 0 aliphatic carbocycles. The number of thioether (sulfide) groups is 1. The number of nitrogen functional groups attached to an aromatic ring is 1. The molecule has 2 atom stereocenters. The molecule has 2 heterocycles. The molecule has 19 heavy (non-hydrogen) atoms. The van der Waals surface area contributed by atoms with Crippen LogP contribution in [0, 0.1) is 0 Å². The molecule has 0 bridgehead atoms. The highest BCUT2D eigenvalue weighted by atomic mass is 32.2. The lowest BCUT2D eigenvalue weighted by molar-refractivity contribution is -0.131. The monoisotopic (exact) mass is 285 g/mol. The Morgan fingerprint density at radius 1 is 1.63 bits per heavy atom. The van der Waals surface area contributed by atoms with Gasteiger partial charge in [0.1, 0.15) is 11.9 Å². The summed E-state index contributed by atoms with van der Waals surface area (Å²) in [6.45, 7) is 0. The quantitative estimate of drug-likeness (QED) is 0.183. The van der Waals surface area contributed by atoms with Crippen LogP contribution in [0.5, 0.6) is 0 Å². The number of rotatable bonds is 4. The number of nitrogens with one attached hydrogen (secondary N) is 2. The number of nitrogens with two attached hydrogens (primary N) is 2. The molecule has 6 N–H and O–H groups in total. The Morgan fingerprint density at radius 3 is 3.11 bits per heavy atom. The van der Waals surface area contributed by atoms with Crippen LogP contribution >= 0.6 is 11.8 Å². The van der Waals surface area contributed by atoms with Crippen molar-refractivity contribution in [2.75, 3.05) is 11.5 Å². The topological polar surface area (TPSA) is 136 Å². The molecule has 9 heteroatoms. The normalized spacial score (nSPS) is 22.4. The van der Waals surface area contributed by atoms with E-state index in [1.54, 1.807) is 0 Å². The Bertz CT molecular complexity index is 520. The standard InChI is InChI=1S/C10H15N5O3S/c11-7-3-8(16)14-10(13-7)19-4-5-1-2-6(18-5)9(17)15-12/h3,5-6H,1-2,4,12H2,(H,15,17)(H3,11,13,14,16). The molecule has 1 fully saturated rings. The molecular formula is C10H15N5O3S. The maximum atomic E-state index is 11.3. The third kappa shape index (κ3) is 3.69. The number of carbonyl (C=O) groups excluding carboxylic acids is 1. The van der Waals surface area contributed by atoms with Crippen molar-refractivity contribution in [2.45, 2.75) is 30.2 Å². The van der Waals surface area contributed by atoms with Crippen molar-refractivity contribution < 1.29 is 9.53 Å². The number of hydrogen-bond acceptors (Lipinski definition) is 7. The summed E-state index contributed by atoms with van der Waals surface area (Å²) >= 11 is 1.33. The highest BCUT2D eigenvalue weighted by molar-refractivity contribution is 7.99. The summed E-state index contributed by atoms with van der Waals surface area (Å²) in [5.74, 6) is 5.49. The molecule has 0 radical (unpaired) electrons. The summed E-state index contributed by atoms with van der Waals surface area (Å²) in [4.78, 5) is 29.1. The third-order valence-electron chi connectivity index (χ3n) is 2.69. The first-order valence-corrected chi connectivity index (χ1v) is 6.72. The molecular weight excluding hydrogens is 270 g/mol. The van der Waals surface area contributed by atoms with Crippen LogP contribution in [0.3, 0.4) is 0 Å². The van der Waals surface area contributed by atoms with Gasteiger partial charge in [-0.25, -0.2) is 10.8 Å². The van der Waals surface area contributed by atoms with E-state index in [4.69, 9.17) is 16.3 Å². The van der Waals surface area contributed by atoms with Crippen LogP contribution in [0.15, 0.2) is 16.0 Å². The van der Waals surface area contributed by atoms with Gasteiger partial charge in [-0.1, -0.05) is 11.8 Å². The van der Waals surface area contributed by atoms with Crippen LogP contribution in [0.1, 0.15) is 12.8 Å². The van der Waals surface area contributed by atoms with E-state index in [9.17, 15) is 9.59 Å². The smallest absolute Gasteiger partial charge is 0.263 e. The molecule has 0 spiro atoms. The minimum atomic E-state index is -0.497. The van der Waals surface area contributed by atoms with Crippen molar-refractivity contribution in [3.63, 3.8) is 0 Å². The summed E-state index contributed by atoms with van der Waals surface area (Å²) in [6.07, 6.45) is 0.828. The van der Waals surface area contributed by atoms with E-state index in [0.717, 1.165) is 6.42 Å². The maximum absolute atomic E-state index is 11.3. The summed E-state index contributed by atoms with van der Waals surface area (Å²) in [5, 5.41) is 0.445. The van der Waals surface area contributed by atoms with Crippen LogP contribution in [0.25, 0.3) is 0 Å². The van der Waals surface area contributed by atoms with Crippen molar-refractivity contribution in [2.24, 2.45) is 5.84 Å². The summed E-state index contributed by atoms with van der Waals surface area (Å²) < 4.78 is 5.53. The number of ether oxygens (including phenoxy) is 1. The van der Waals surface area contributed by atoms with E-state index in [2.05, 4.69) is 15.4 Å². The molecule has 0 saturated carbocycles. The van der Waals surface area contributed by atoms with E-state index >= 15 is 0 Å². The lowest BCUT2D eigenvalue weighted by atomic mass is 10.2. The highest BCUT2D eigenvalue weighted by Crippen LogP contribution is 2.25. The molecule has 1 aromatic rings. The number of H-pyrrole nitrogens is 1. The molecule has 0 aromatic carbocycles. The first-order chi connectivity index (χ1) is 9.08. The van der Waals surface area contributed by atoms with Crippen molar-refractivity contribution >= 4 is 23.5 Å². The Hall–Kier alpha value is -1.58. The SMILES string of the molecule is NNC(=O)C1CCC(CSc2nc(N)cc(=O)[nH]2)O1. The predicted molar refractivity (Wildman–Crippen MR) is 70.2 cm³/mol. The predicted octanol–water partition coefficient (Wildman–Crippen LogP) is -1.02. The zero-order chi connectivity index (χ0) is 13.8. The molecule has 1 aliphatic rings. The van der Waals surface area contributed by atoms with Crippen LogP contribution < -0.4 is 22.6 Å². The van der Waals surface area contributed by atoms with Gasteiger partial charge in [0.2, 0.25) is 0 Å². The fourth-order valence-electron chi connectivity index (χ4n) is 1.81. The lowest BCUT2D eigenvalue weighted by Crippen LogP contribution is -2.39. The Morgan fingerprint density at radius 2 is 2.42 bits per heavy atom. The van der Waals surface area contributed by atoms with Crippen molar-refractivity contribution in [1.82, 2.24) is 15.4 Å². The number of carbonyl (C=O) groups is 1. The minimum Gasteiger partial charge on any atom is -0.383 e. The molecule has 104 valence electrons. The van der Waals surface area contributed by atoms with Gasteiger partial charge in [-0.05, 0) is 12.8 Å². The molecule has 1 aliphatic heterocycles. The van der Waals surface area contributed by atoms with E-state index in [1.165, 1.54) is 17.8 Å². The van der Waals surface area contributed by atoms with Gasteiger partial charge in [0.25, 0.3) is 11.5 Å². The number of hydrazine groups is 1. The van der Waals surface area contributed by atoms with E-state index in [0.29, 0.717) is 17.3 Å². The second kappa shape index (κ2) is 6.04. The van der Waals surface area contributed by atoms with Crippen LogP contribution in [0.4, 0.5) is 5.82 Å². The first-order valence-electron chi connectivity index (χ1n) is 5.74. The Kier molecular flexibility index (Phi) is 4.40. The largest absolute Gasteiger partial charge is 0.383 e. The number of hydrogen-bond donors (Lipinski definition) is 4. The van der Waals surface area contributed by atoms with E-state index in [-0.39, 0.29) is 23.4 Å². The third-order valence-corrected chi connectivity index (χ3v) is 3.69. The summed E-state index contributed by atoms with van der Waals surface area (Å²) in [5.41, 5.74) is 7.26. The highest BCUT2D eigenvalue weighted by Gasteiger charge is 2.30. The average Bonchev–Trinajstić information content (AvgIpc) is 2.83. The first kappa shape index (κ1) is 13.8. The number of anilines is 1. The van der Waals surface area contributed by atoms with Gasteiger partial charge in [-0.3, -0.25) is 15.0 Å². The maximum Gasteiger partial charge on any atom is 0.263 e. The molecule has 8 nitrogen and oxygen atoms in total. The number of amides is 1. The van der Waals surface area contributed by atoms with Gasteiger partial charge in [-0.15, -0.1) is 0 Å². The van der Waals surface area contributed by atoms with E-state index < -0.39 is 6.10 Å². The Balaban J connectivity index is 1.86. The van der Waals surface area contributed by atoms with Gasteiger partial charge in [0.15, 0.2) is 5.16 Å². The number of aromatic amines is 1. The fourth-order valence-corrected chi connectivity index (χ4v) is 2.74. The van der Waals surface area contributed by atoms with Crippen molar-refractivity contribution in [3.05, 3.63) is 16.4 Å². The van der Waals surface area contributed by atoms with Crippen molar-refractivity contribution in [1.29, 1.82) is 0 Å². The van der Waals surface area contributed by atoms with Crippen LogP contribution in [-0.4, -0.2) is 33.8 Å². The van der Waals surface area contributed by atoms with Gasteiger partial charge < -0.3 is 15.5 Å². The lowest BCUT2D eigenvalue weighted by Gasteiger charge is -2.11. The van der Waals surface area contributed by atoms with Crippen LogP contribution in [-0.2, 0) is 9.53 Å². The fraction of sp³-hybridized carbons (Fsp3) is 0.500. The molecule has 2 unspecified atom stereocenters. The molecule has 1 amide bonds. The van der Waals surface area contributed by atoms with Crippen molar-refractivity contribution in [3.8, 4) is 0 Å². The second-order valence-corrected chi connectivity index (χ2v) is 5.13. The van der Waals surface area contributed by atoms with Crippen LogP contribution in [0.2, 0.25) is 0 Å². The zero-order valence-electron chi connectivity index (χ0n) is 10.1. The van der Waals surface area contributed by atoms with E-state index in [1.807, 2.05) is 0 Å². The molecule has 2 rings (SSSR count). The molecule has 1 aromatic heterocycles.